The summed E-state index contributed by atoms with van der Waals surface area (Å²) in [6.07, 6.45) is 2.23. The van der Waals surface area contributed by atoms with Gasteiger partial charge in [-0.15, -0.1) is 0 Å². The predicted octanol–water partition coefficient (Wildman–Crippen LogP) is 1.41. The van der Waals surface area contributed by atoms with Crippen LogP contribution in [-0.4, -0.2) is 44.4 Å². The highest BCUT2D eigenvalue weighted by molar-refractivity contribution is 5.96. The molecule has 106 valence electrons. The van der Waals surface area contributed by atoms with Gasteiger partial charge in [0.05, 0.1) is 16.9 Å². The monoisotopic (exact) mass is 265 g/mol. The van der Waals surface area contributed by atoms with Crippen molar-refractivity contribution in [2.45, 2.75) is 45.6 Å². The number of likely N-dealkylation sites (tertiary alicyclic amines) is 1. The third-order valence-corrected chi connectivity index (χ3v) is 4.07. The number of carbonyl (C=O) groups is 1. The molecule has 0 radical (unpaired) electrons. The predicted molar refractivity (Wildman–Crippen MR) is 73.1 cm³/mol. The fraction of sp³-hybridized carbons (Fsp3) is 0.714. The smallest absolute Gasteiger partial charge is 0.257 e. The van der Waals surface area contributed by atoms with E-state index in [1.165, 1.54) is 0 Å². The van der Waals surface area contributed by atoms with E-state index >= 15 is 0 Å². The molecule has 5 heteroatoms. The quantitative estimate of drug-likeness (QED) is 0.835. The number of hydrogen-bond acceptors (Lipinski definition) is 3. The molecule has 1 aliphatic rings. The van der Waals surface area contributed by atoms with Crippen LogP contribution >= 0.6 is 0 Å². The van der Waals surface area contributed by atoms with Crippen LogP contribution in [0, 0.1) is 13.8 Å². The molecular formula is C14H23N3O2. The summed E-state index contributed by atoms with van der Waals surface area (Å²) in [6, 6.07) is 0. The topological polar surface area (TPSA) is 58.4 Å². The first-order chi connectivity index (χ1) is 8.82. The summed E-state index contributed by atoms with van der Waals surface area (Å²) in [7, 11) is 1.85. The Balaban J connectivity index is 2.20. The van der Waals surface area contributed by atoms with E-state index in [2.05, 4.69) is 5.10 Å². The summed E-state index contributed by atoms with van der Waals surface area (Å²) in [4.78, 5) is 14.5. The largest absolute Gasteiger partial charge is 0.390 e. The van der Waals surface area contributed by atoms with Gasteiger partial charge >= 0.3 is 0 Å². The van der Waals surface area contributed by atoms with Crippen LogP contribution in [0.4, 0.5) is 0 Å². The van der Waals surface area contributed by atoms with Crippen LogP contribution in [0.15, 0.2) is 0 Å². The van der Waals surface area contributed by atoms with E-state index in [0.717, 1.165) is 24.2 Å². The fourth-order valence-corrected chi connectivity index (χ4v) is 2.71. The van der Waals surface area contributed by atoms with Crippen molar-refractivity contribution in [3.8, 4) is 0 Å². The first kappa shape index (κ1) is 14.1. The Hall–Kier alpha value is -1.36. The molecule has 1 unspecified atom stereocenters. The highest BCUT2D eigenvalue weighted by Crippen LogP contribution is 2.23. The van der Waals surface area contributed by atoms with E-state index in [9.17, 15) is 9.90 Å². The molecule has 1 aromatic heterocycles. The standard InChI is InChI=1S/C14H23N3O2/c1-10-12(11(2)16(4)15-10)13(18)17-8-5-6-14(3,19)7-9-17/h19H,5-9H2,1-4H3. The molecule has 1 saturated heterocycles. The average Bonchev–Trinajstić information content (AvgIpc) is 2.49. The second kappa shape index (κ2) is 4.96. The number of nitrogens with zero attached hydrogens (tertiary/aromatic N) is 3. The first-order valence-electron chi connectivity index (χ1n) is 6.84. The maximum atomic E-state index is 12.6. The normalized spacial score (nSPS) is 24.4. The highest BCUT2D eigenvalue weighted by atomic mass is 16.3. The molecule has 2 rings (SSSR count). The Bertz CT molecular complexity index is 491. The molecule has 0 aliphatic carbocycles. The van der Waals surface area contributed by atoms with Gasteiger partial charge in [-0.05, 0) is 40.0 Å². The van der Waals surface area contributed by atoms with E-state index in [1.807, 2.05) is 32.7 Å². The Morgan fingerprint density at radius 1 is 1.32 bits per heavy atom. The van der Waals surface area contributed by atoms with Gasteiger partial charge in [-0.2, -0.15) is 5.10 Å². The van der Waals surface area contributed by atoms with Crippen molar-refractivity contribution >= 4 is 5.91 Å². The molecular weight excluding hydrogens is 242 g/mol. The summed E-state index contributed by atoms with van der Waals surface area (Å²) < 4.78 is 1.75. The van der Waals surface area contributed by atoms with Crippen LogP contribution in [-0.2, 0) is 7.05 Å². The highest BCUT2D eigenvalue weighted by Gasteiger charge is 2.29. The molecule has 1 N–H and O–H groups in total. The minimum absolute atomic E-state index is 0.0424. The summed E-state index contributed by atoms with van der Waals surface area (Å²) in [6.45, 7) is 6.96. The molecule has 1 amide bonds. The molecule has 0 spiro atoms. The number of hydrogen-bond donors (Lipinski definition) is 1. The lowest BCUT2D eigenvalue weighted by atomic mass is 9.98. The average molecular weight is 265 g/mol. The molecule has 19 heavy (non-hydrogen) atoms. The Kier molecular flexibility index (Phi) is 3.67. The molecule has 0 bridgehead atoms. The summed E-state index contributed by atoms with van der Waals surface area (Å²) in [5.41, 5.74) is 1.75. The van der Waals surface area contributed by atoms with Gasteiger partial charge in [0.1, 0.15) is 0 Å². The van der Waals surface area contributed by atoms with Crippen molar-refractivity contribution in [1.29, 1.82) is 0 Å². The van der Waals surface area contributed by atoms with Crippen LogP contribution < -0.4 is 0 Å². The number of aliphatic hydroxyl groups is 1. The van der Waals surface area contributed by atoms with Crippen molar-refractivity contribution in [3.63, 3.8) is 0 Å². The summed E-state index contributed by atoms with van der Waals surface area (Å²) >= 11 is 0. The van der Waals surface area contributed by atoms with Gasteiger partial charge in [0.2, 0.25) is 0 Å². The minimum Gasteiger partial charge on any atom is -0.390 e. The SMILES string of the molecule is Cc1nn(C)c(C)c1C(=O)N1CCCC(C)(O)CC1. The Morgan fingerprint density at radius 3 is 2.58 bits per heavy atom. The van der Waals surface area contributed by atoms with Crippen LogP contribution in [0.2, 0.25) is 0 Å². The lowest BCUT2D eigenvalue weighted by molar-refractivity contribution is 0.0438. The van der Waals surface area contributed by atoms with Crippen molar-refractivity contribution in [2.75, 3.05) is 13.1 Å². The zero-order chi connectivity index (χ0) is 14.2. The maximum Gasteiger partial charge on any atom is 0.257 e. The van der Waals surface area contributed by atoms with E-state index in [4.69, 9.17) is 0 Å². The molecule has 1 aromatic rings. The molecule has 5 nitrogen and oxygen atoms in total. The van der Waals surface area contributed by atoms with Crippen LogP contribution in [0.3, 0.4) is 0 Å². The number of aromatic nitrogens is 2. The van der Waals surface area contributed by atoms with Crippen LogP contribution in [0.25, 0.3) is 0 Å². The fourth-order valence-electron chi connectivity index (χ4n) is 2.71. The van der Waals surface area contributed by atoms with Gasteiger partial charge in [-0.25, -0.2) is 0 Å². The number of carbonyl (C=O) groups excluding carboxylic acids is 1. The Labute approximate surface area is 114 Å². The van der Waals surface area contributed by atoms with Crippen LogP contribution in [0.5, 0.6) is 0 Å². The summed E-state index contributed by atoms with van der Waals surface area (Å²) in [5.74, 6) is 0.0424. The number of amides is 1. The van der Waals surface area contributed by atoms with Gasteiger partial charge < -0.3 is 10.0 Å². The van der Waals surface area contributed by atoms with Gasteiger partial charge in [0.15, 0.2) is 0 Å². The number of aryl methyl sites for hydroxylation is 2. The van der Waals surface area contributed by atoms with E-state index < -0.39 is 5.60 Å². The first-order valence-corrected chi connectivity index (χ1v) is 6.84. The van der Waals surface area contributed by atoms with Crippen molar-refractivity contribution in [2.24, 2.45) is 7.05 Å². The van der Waals surface area contributed by atoms with Gasteiger partial charge in [-0.1, -0.05) is 0 Å². The van der Waals surface area contributed by atoms with Gasteiger partial charge in [0.25, 0.3) is 5.91 Å². The zero-order valence-electron chi connectivity index (χ0n) is 12.2. The molecule has 0 saturated carbocycles. The van der Waals surface area contributed by atoms with E-state index in [0.29, 0.717) is 25.1 Å². The lowest BCUT2D eigenvalue weighted by Crippen LogP contribution is -2.34. The lowest BCUT2D eigenvalue weighted by Gasteiger charge is -2.22. The third kappa shape index (κ3) is 2.81. The number of rotatable bonds is 1. The maximum absolute atomic E-state index is 12.6. The van der Waals surface area contributed by atoms with Crippen molar-refractivity contribution < 1.29 is 9.90 Å². The molecule has 1 aliphatic heterocycles. The minimum atomic E-state index is -0.645. The van der Waals surface area contributed by atoms with E-state index in [-0.39, 0.29) is 5.91 Å². The second-order valence-corrected chi connectivity index (χ2v) is 5.81. The molecule has 0 aromatic carbocycles. The zero-order valence-corrected chi connectivity index (χ0v) is 12.2. The third-order valence-electron chi connectivity index (χ3n) is 4.07. The van der Waals surface area contributed by atoms with Crippen molar-refractivity contribution in [1.82, 2.24) is 14.7 Å². The molecule has 1 fully saturated rings. The van der Waals surface area contributed by atoms with Gasteiger partial charge in [0, 0.05) is 25.8 Å². The van der Waals surface area contributed by atoms with Gasteiger partial charge in [-0.3, -0.25) is 9.48 Å². The van der Waals surface area contributed by atoms with Crippen molar-refractivity contribution in [3.05, 3.63) is 17.0 Å². The molecule has 2 heterocycles. The summed E-state index contributed by atoms with van der Waals surface area (Å²) in [5, 5.41) is 14.4. The van der Waals surface area contributed by atoms with E-state index in [1.54, 1.807) is 4.68 Å². The Morgan fingerprint density at radius 2 is 2.00 bits per heavy atom. The van der Waals surface area contributed by atoms with Crippen LogP contribution in [0.1, 0.15) is 47.9 Å². The molecule has 1 atom stereocenters. The second-order valence-electron chi connectivity index (χ2n) is 5.81.